The predicted molar refractivity (Wildman–Crippen MR) is 96.2 cm³/mol. The summed E-state index contributed by atoms with van der Waals surface area (Å²) in [6.07, 6.45) is -13.7. The van der Waals surface area contributed by atoms with Gasteiger partial charge in [0.05, 0.1) is 13.2 Å². The molecule has 0 aliphatic rings. The molecule has 0 aliphatic heterocycles. The molecule has 0 radical (unpaired) electrons. The van der Waals surface area contributed by atoms with Gasteiger partial charge >= 0.3 is 15.6 Å². The summed E-state index contributed by atoms with van der Waals surface area (Å²) in [6.45, 7) is -2.97. The van der Waals surface area contributed by atoms with Crippen molar-refractivity contribution in [1.29, 1.82) is 0 Å². The number of carbonyl (C=O) groups excluding carboxylic acids is 2. The third-order valence-corrected chi connectivity index (χ3v) is 4.23. The highest BCUT2D eigenvalue weighted by Gasteiger charge is 2.32. The van der Waals surface area contributed by atoms with Crippen molar-refractivity contribution in [3.05, 3.63) is 0 Å². The molecule has 0 aliphatic carbocycles. The summed E-state index contributed by atoms with van der Waals surface area (Å²) < 4.78 is 28.2. The third-order valence-electron chi connectivity index (χ3n) is 3.26. The average Bonchev–Trinajstić information content (AvgIpc) is 2.71. The number of rotatable bonds is 14. The lowest BCUT2D eigenvalue weighted by molar-refractivity contribution is -0.142. The zero-order valence-electron chi connectivity index (χ0n) is 16.0. The Kier molecular flexibility index (Phi) is 15.9. The first-order valence-electron chi connectivity index (χ1n) is 8.13. The molecule has 0 rings (SSSR count). The molecule has 32 heavy (non-hydrogen) atoms. The molecule has 192 valence electrons. The molecule has 0 aromatic rings. The molecule has 7 unspecified atom stereocenters. The van der Waals surface area contributed by atoms with E-state index in [0.29, 0.717) is 0 Å². The Morgan fingerprint density at radius 2 is 1.12 bits per heavy atom. The fourth-order valence-corrected chi connectivity index (χ4v) is 2.24. The van der Waals surface area contributed by atoms with Crippen LogP contribution in [0, 0.1) is 0 Å². The molecular formula is C12H26O18P2. The van der Waals surface area contributed by atoms with Crippen molar-refractivity contribution in [2.75, 3.05) is 19.8 Å². The summed E-state index contributed by atoms with van der Waals surface area (Å²) in [4.78, 5) is 53.8. The maximum atomic E-state index is 10.7. The second-order valence-corrected chi connectivity index (χ2v) is 8.35. The van der Waals surface area contributed by atoms with Crippen molar-refractivity contribution in [3.63, 3.8) is 0 Å². The smallest absolute Gasteiger partial charge is 0.388 e. The molecule has 7 atom stereocenters. The van der Waals surface area contributed by atoms with Crippen LogP contribution >= 0.6 is 15.6 Å². The van der Waals surface area contributed by atoms with E-state index < -0.39 is 84.0 Å². The molecule has 0 aromatic carbocycles. The van der Waals surface area contributed by atoms with Gasteiger partial charge in [0.2, 0.25) is 0 Å². The van der Waals surface area contributed by atoms with E-state index in [4.69, 9.17) is 60.4 Å². The lowest BCUT2D eigenvalue weighted by Crippen LogP contribution is -2.46. The lowest BCUT2D eigenvalue weighted by atomic mass is 10.0. The highest BCUT2D eigenvalue weighted by Crippen LogP contribution is 2.36. The summed E-state index contributed by atoms with van der Waals surface area (Å²) in [7, 11) is -9.61. The first kappa shape index (κ1) is 33.4. The third kappa shape index (κ3) is 15.1. The number of aliphatic hydroxyl groups excluding tert-OH is 8. The van der Waals surface area contributed by atoms with Gasteiger partial charge in [0.25, 0.3) is 0 Å². The molecule has 0 amide bonds. The molecule has 0 heterocycles. The molecule has 0 aromatic heterocycles. The van der Waals surface area contributed by atoms with E-state index in [2.05, 4.69) is 9.05 Å². The van der Waals surface area contributed by atoms with E-state index in [-0.39, 0.29) is 6.29 Å². The van der Waals surface area contributed by atoms with Gasteiger partial charge in [-0.05, 0) is 0 Å². The Morgan fingerprint density at radius 1 is 0.750 bits per heavy atom. The number of phosphoric ester groups is 2. The highest BCUT2D eigenvalue weighted by molar-refractivity contribution is 7.46. The number of hydrogen-bond acceptors (Lipinski definition) is 14. The molecule has 12 N–H and O–H groups in total. The molecule has 0 saturated heterocycles. The summed E-state index contributed by atoms with van der Waals surface area (Å²) in [5.41, 5.74) is 0. The van der Waals surface area contributed by atoms with Gasteiger partial charge < -0.3 is 65.2 Å². The number of carbonyl (C=O) groups is 2. The van der Waals surface area contributed by atoms with Crippen LogP contribution in [0.3, 0.4) is 0 Å². The Labute approximate surface area is 179 Å². The van der Waals surface area contributed by atoms with Crippen LogP contribution in [0.25, 0.3) is 0 Å². The van der Waals surface area contributed by atoms with E-state index in [0.717, 1.165) is 0 Å². The molecule has 18 nitrogen and oxygen atoms in total. The van der Waals surface area contributed by atoms with Gasteiger partial charge in [0.15, 0.2) is 12.1 Å². The van der Waals surface area contributed by atoms with Gasteiger partial charge in [-0.25, -0.2) is 9.13 Å². The summed E-state index contributed by atoms with van der Waals surface area (Å²) >= 11 is 0. The van der Waals surface area contributed by atoms with E-state index in [1.54, 1.807) is 0 Å². The minimum absolute atomic E-state index is 0.0650. The van der Waals surface area contributed by atoms with Crippen molar-refractivity contribution in [3.8, 4) is 0 Å². The van der Waals surface area contributed by atoms with Crippen LogP contribution in [-0.2, 0) is 27.8 Å². The summed E-state index contributed by atoms with van der Waals surface area (Å²) in [5.74, 6) is -1.14. The second kappa shape index (κ2) is 15.2. The van der Waals surface area contributed by atoms with E-state index in [1.807, 2.05) is 0 Å². The number of aliphatic hydroxyl groups is 8. The van der Waals surface area contributed by atoms with Gasteiger partial charge in [0.1, 0.15) is 49.3 Å². The van der Waals surface area contributed by atoms with Crippen LogP contribution < -0.4 is 0 Å². The minimum atomic E-state index is -4.81. The molecule has 0 bridgehead atoms. The van der Waals surface area contributed by atoms with Crippen LogP contribution in [0.2, 0.25) is 0 Å². The normalized spacial score (nSPS) is 18.9. The fraction of sp³-hybridized carbons (Fsp3) is 0.833. The number of hydrogen-bond donors (Lipinski definition) is 12. The Bertz CT molecular complexity index is 646. The highest BCUT2D eigenvalue weighted by atomic mass is 31.2. The lowest BCUT2D eigenvalue weighted by Gasteiger charge is -2.23. The molecule has 0 saturated carbocycles. The van der Waals surface area contributed by atoms with E-state index in [1.165, 1.54) is 0 Å². The number of phosphoric acid groups is 2. The summed E-state index contributed by atoms with van der Waals surface area (Å²) in [6, 6.07) is 0. The molecule has 0 spiro atoms. The molecule has 0 fully saturated rings. The van der Waals surface area contributed by atoms with Gasteiger partial charge in [-0.2, -0.15) is 0 Å². The zero-order chi connectivity index (χ0) is 25.9. The van der Waals surface area contributed by atoms with Crippen molar-refractivity contribution in [1.82, 2.24) is 0 Å². The van der Waals surface area contributed by atoms with Crippen molar-refractivity contribution < 1.29 is 88.2 Å². The van der Waals surface area contributed by atoms with Crippen LogP contribution in [0.1, 0.15) is 0 Å². The van der Waals surface area contributed by atoms with E-state index >= 15 is 0 Å². The first-order chi connectivity index (χ1) is 14.4. The molecule has 20 heteroatoms. The summed E-state index contributed by atoms with van der Waals surface area (Å²) in [5, 5.41) is 71.6. The Balaban J connectivity index is 0. The second-order valence-electron chi connectivity index (χ2n) is 5.88. The van der Waals surface area contributed by atoms with Gasteiger partial charge in [-0.3, -0.25) is 13.8 Å². The standard InChI is InChI=1S/2C6H13O9P/c2*7-1-3(8)5(10)6(11)4(9)2-15-16(12,13)14/h4-7,9-11H,1-2H2,(H2,12,13,14);1,3-6,8-11H,2H2,(H2,12,13,14). The van der Waals surface area contributed by atoms with E-state index in [9.17, 15) is 18.7 Å². The van der Waals surface area contributed by atoms with Crippen molar-refractivity contribution in [2.45, 2.75) is 42.7 Å². The van der Waals surface area contributed by atoms with Crippen molar-refractivity contribution in [2.24, 2.45) is 0 Å². The SMILES string of the molecule is O=C(CO)C(O)C(O)C(O)COP(=O)(O)O.O=CC(O)C(O)C(O)C(O)COP(=O)(O)O. The minimum Gasteiger partial charge on any atom is -0.388 e. The monoisotopic (exact) mass is 520 g/mol. The maximum Gasteiger partial charge on any atom is 0.469 e. The maximum absolute atomic E-state index is 10.7. The number of ketones is 1. The fourth-order valence-electron chi connectivity index (χ4n) is 1.55. The Morgan fingerprint density at radius 3 is 1.44 bits per heavy atom. The van der Waals surface area contributed by atoms with Crippen LogP contribution in [-0.4, -0.2) is 135 Å². The Hall–Kier alpha value is -0.760. The number of aldehydes is 1. The first-order valence-corrected chi connectivity index (χ1v) is 11.2. The van der Waals surface area contributed by atoms with Gasteiger partial charge in [-0.15, -0.1) is 0 Å². The van der Waals surface area contributed by atoms with Gasteiger partial charge in [-0.1, -0.05) is 0 Å². The van der Waals surface area contributed by atoms with Crippen LogP contribution in [0.5, 0.6) is 0 Å². The largest absolute Gasteiger partial charge is 0.469 e. The quantitative estimate of drug-likeness (QED) is 0.0747. The zero-order valence-corrected chi connectivity index (χ0v) is 17.7. The van der Waals surface area contributed by atoms with Gasteiger partial charge in [0, 0.05) is 0 Å². The van der Waals surface area contributed by atoms with Crippen LogP contribution in [0.15, 0.2) is 0 Å². The van der Waals surface area contributed by atoms with Crippen LogP contribution in [0.4, 0.5) is 0 Å². The average molecular weight is 520 g/mol. The number of Topliss-reactive ketones (excluding diaryl/α,β-unsaturated/α-hetero) is 1. The predicted octanol–water partition coefficient (Wildman–Crippen LogP) is -6.52. The molecular weight excluding hydrogens is 494 g/mol. The van der Waals surface area contributed by atoms with Crippen molar-refractivity contribution >= 4 is 27.7 Å². The topological polar surface area (TPSA) is 330 Å².